The monoisotopic (exact) mass is 262 g/mol. The molecule has 0 aliphatic carbocycles. The van der Waals surface area contributed by atoms with Crippen molar-refractivity contribution < 1.29 is 9.59 Å². The molecule has 19 heavy (non-hydrogen) atoms. The van der Waals surface area contributed by atoms with Gasteiger partial charge < -0.3 is 16.1 Å². The van der Waals surface area contributed by atoms with E-state index in [1.165, 1.54) is 0 Å². The van der Waals surface area contributed by atoms with Crippen molar-refractivity contribution >= 4 is 17.5 Å². The number of nitrogen functional groups attached to an aromatic ring is 1. The summed E-state index contributed by atoms with van der Waals surface area (Å²) < 4.78 is 0. The predicted octanol–water partition coefficient (Wildman–Crippen LogP) is 0.289. The van der Waals surface area contributed by atoms with Gasteiger partial charge in [0.2, 0.25) is 5.91 Å². The summed E-state index contributed by atoms with van der Waals surface area (Å²) in [6, 6.07) is 4.73. The zero-order valence-electron chi connectivity index (χ0n) is 10.8. The van der Waals surface area contributed by atoms with Crippen molar-refractivity contribution in [2.24, 2.45) is 5.84 Å². The average Bonchev–Trinajstić information content (AvgIpc) is 2.41. The van der Waals surface area contributed by atoms with Gasteiger partial charge in [-0.25, -0.2) is 0 Å². The number of amides is 2. The maximum absolute atomic E-state index is 12.1. The van der Waals surface area contributed by atoms with Crippen LogP contribution in [0.25, 0.3) is 0 Å². The summed E-state index contributed by atoms with van der Waals surface area (Å²) in [4.78, 5) is 23.6. The molecule has 1 unspecified atom stereocenters. The number of nitrogens with two attached hydrogens (primary N) is 1. The quantitative estimate of drug-likeness (QED) is 0.465. The van der Waals surface area contributed by atoms with Crippen LogP contribution in [0.3, 0.4) is 0 Å². The van der Waals surface area contributed by atoms with E-state index >= 15 is 0 Å². The molecule has 0 radical (unpaired) electrons. The molecule has 1 aromatic rings. The van der Waals surface area contributed by atoms with E-state index in [4.69, 9.17) is 5.84 Å². The van der Waals surface area contributed by atoms with Crippen LogP contribution >= 0.6 is 0 Å². The largest absolute Gasteiger partial charge is 0.354 e. The van der Waals surface area contributed by atoms with E-state index in [0.29, 0.717) is 18.5 Å². The van der Waals surface area contributed by atoms with Crippen LogP contribution in [0.4, 0.5) is 5.69 Å². The molecule has 1 atom stereocenters. The number of hydrazine groups is 1. The summed E-state index contributed by atoms with van der Waals surface area (Å²) in [7, 11) is 0. The second-order valence-electron chi connectivity index (χ2n) is 4.63. The summed E-state index contributed by atoms with van der Waals surface area (Å²) in [5.41, 5.74) is 4.73. The number of piperidine rings is 1. The molecule has 5 N–H and O–H groups in total. The maximum Gasteiger partial charge on any atom is 0.251 e. The molecule has 1 heterocycles. The fourth-order valence-corrected chi connectivity index (χ4v) is 2.12. The molecule has 102 valence electrons. The maximum atomic E-state index is 12.1. The number of nitrogens with one attached hydrogen (secondary N) is 3. The number of hydrogen-bond acceptors (Lipinski definition) is 4. The lowest BCUT2D eigenvalue weighted by Gasteiger charge is -2.22. The van der Waals surface area contributed by atoms with E-state index in [-0.39, 0.29) is 11.8 Å². The zero-order chi connectivity index (χ0) is 13.8. The lowest BCUT2D eigenvalue weighted by molar-refractivity contribution is -0.124. The molecule has 0 saturated carbocycles. The van der Waals surface area contributed by atoms with Crippen molar-refractivity contribution in [3.05, 3.63) is 29.3 Å². The molecule has 2 amide bonds. The van der Waals surface area contributed by atoms with Crippen LogP contribution in [0.1, 0.15) is 28.8 Å². The summed E-state index contributed by atoms with van der Waals surface area (Å²) in [6.07, 6.45) is 1.56. The van der Waals surface area contributed by atoms with Gasteiger partial charge in [-0.2, -0.15) is 0 Å². The number of anilines is 1. The SMILES string of the molecule is Cc1cc(C(=O)NC2CCCNC2=O)ccc1NN. The molecule has 2 rings (SSSR count). The molecule has 1 aromatic carbocycles. The van der Waals surface area contributed by atoms with Crippen molar-refractivity contribution in [2.75, 3.05) is 12.0 Å². The van der Waals surface area contributed by atoms with Gasteiger partial charge in [-0.05, 0) is 43.5 Å². The topological polar surface area (TPSA) is 96.2 Å². The van der Waals surface area contributed by atoms with Crippen LogP contribution in [0, 0.1) is 6.92 Å². The summed E-state index contributed by atoms with van der Waals surface area (Å²) in [6.45, 7) is 2.54. The first-order valence-corrected chi connectivity index (χ1v) is 6.27. The summed E-state index contributed by atoms with van der Waals surface area (Å²) in [5.74, 6) is 4.98. The Kier molecular flexibility index (Phi) is 4.01. The van der Waals surface area contributed by atoms with E-state index in [0.717, 1.165) is 17.7 Å². The number of carbonyl (C=O) groups is 2. The molecule has 0 bridgehead atoms. The summed E-state index contributed by atoms with van der Waals surface area (Å²) in [5, 5.41) is 5.49. The van der Waals surface area contributed by atoms with Crippen LogP contribution in [-0.4, -0.2) is 24.4 Å². The minimum absolute atomic E-state index is 0.114. The second-order valence-corrected chi connectivity index (χ2v) is 4.63. The highest BCUT2D eigenvalue weighted by Gasteiger charge is 2.24. The highest BCUT2D eigenvalue weighted by atomic mass is 16.2. The molecule has 0 spiro atoms. The van der Waals surface area contributed by atoms with Gasteiger partial charge in [0.05, 0.1) is 5.69 Å². The third-order valence-corrected chi connectivity index (χ3v) is 3.23. The third kappa shape index (κ3) is 3.03. The average molecular weight is 262 g/mol. The Morgan fingerprint density at radius 3 is 2.89 bits per heavy atom. The molecule has 1 saturated heterocycles. The van der Waals surface area contributed by atoms with Crippen LogP contribution < -0.4 is 21.9 Å². The first kappa shape index (κ1) is 13.4. The van der Waals surface area contributed by atoms with Crippen molar-refractivity contribution in [2.45, 2.75) is 25.8 Å². The minimum Gasteiger partial charge on any atom is -0.354 e. The Morgan fingerprint density at radius 2 is 2.26 bits per heavy atom. The number of carbonyl (C=O) groups excluding carboxylic acids is 2. The van der Waals surface area contributed by atoms with Crippen molar-refractivity contribution in [3.8, 4) is 0 Å². The van der Waals surface area contributed by atoms with E-state index in [9.17, 15) is 9.59 Å². The van der Waals surface area contributed by atoms with Gasteiger partial charge in [0.15, 0.2) is 0 Å². The molecule has 6 nitrogen and oxygen atoms in total. The number of benzene rings is 1. The fraction of sp³-hybridized carbons (Fsp3) is 0.385. The van der Waals surface area contributed by atoms with Gasteiger partial charge in [0.1, 0.15) is 6.04 Å². The molecular weight excluding hydrogens is 244 g/mol. The Hall–Kier alpha value is -2.08. The van der Waals surface area contributed by atoms with E-state index in [2.05, 4.69) is 16.1 Å². The second kappa shape index (κ2) is 5.71. The normalized spacial score (nSPS) is 18.6. The van der Waals surface area contributed by atoms with Gasteiger partial charge in [-0.1, -0.05) is 0 Å². The standard InChI is InChI=1S/C13H18N4O2/c1-8-7-9(4-5-10(8)17-14)12(18)16-11-3-2-6-15-13(11)19/h4-5,7,11,17H,2-3,6,14H2,1H3,(H,15,19)(H,16,18). The number of rotatable bonds is 3. The first-order valence-electron chi connectivity index (χ1n) is 6.27. The van der Waals surface area contributed by atoms with Crippen LogP contribution in [0.2, 0.25) is 0 Å². The predicted molar refractivity (Wildman–Crippen MR) is 72.5 cm³/mol. The lowest BCUT2D eigenvalue weighted by atomic mass is 10.1. The summed E-state index contributed by atoms with van der Waals surface area (Å²) >= 11 is 0. The molecule has 1 aliphatic rings. The van der Waals surface area contributed by atoms with Gasteiger partial charge in [-0.3, -0.25) is 15.4 Å². The van der Waals surface area contributed by atoms with Crippen molar-refractivity contribution in [3.63, 3.8) is 0 Å². The van der Waals surface area contributed by atoms with E-state index in [1.807, 2.05) is 6.92 Å². The van der Waals surface area contributed by atoms with Crippen LogP contribution in [0.15, 0.2) is 18.2 Å². The molecule has 1 aliphatic heterocycles. The highest BCUT2D eigenvalue weighted by Crippen LogP contribution is 2.15. The number of hydrogen-bond donors (Lipinski definition) is 4. The van der Waals surface area contributed by atoms with Gasteiger partial charge in [0, 0.05) is 12.1 Å². The Labute approximate surface area is 111 Å². The zero-order valence-corrected chi connectivity index (χ0v) is 10.8. The smallest absolute Gasteiger partial charge is 0.251 e. The fourth-order valence-electron chi connectivity index (χ4n) is 2.12. The van der Waals surface area contributed by atoms with Crippen LogP contribution in [-0.2, 0) is 4.79 Å². The van der Waals surface area contributed by atoms with Gasteiger partial charge >= 0.3 is 0 Å². The Morgan fingerprint density at radius 1 is 1.47 bits per heavy atom. The Balaban J connectivity index is 2.07. The van der Waals surface area contributed by atoms with Crippen LogP contribution in [0.5, 0.6) is 0 Å². The third-order valence-electron chi connectivity index (χ3n) is 3.23. The first-order chi connectivity index (χ1) is 9.11. The molecule has 1 fully saturated rings. The van der Waals surface area contributed by atoms with Gasteiger partial charge in [0.25, 0.3) is 5.91 Å². The minimum atomic E-state index is -0.436. The van der Waals surface area contributed by atoms with Gasteiger partial charge in [-0.15, -0.1) is 0 Å². The lowest BCUT2D eigenvalue weighted by Crippen LogP contribution is -2.50. The van der Waals surface area contributed by atoms with Crippen molar-refractivity contribution in [1.29, 1.82) is 0 Å². The van der Waals surface area contributed by atoms with Crippen molar-refractivity contribution in [1.82, 2.24) is 10.6 Å². The van der Waals surface area contributed by atoms with E-state index < -0.39 is 6.04 Å². The molecule has 6 heteroatoms. The molecular formula is C13H18N4O2. The number of aryl methyl sites for hydroxylation is 1. The molecule has 0 aromatic heterocycles. The Bertz CT molecular complexity index is 501. The van der Waals surface area contributed by atoms with E-state index in [1.54, 1.807) is 18.2 Å². The highest BCUT2D eigenvalue weighted by molar-refractivity contribution is 5.98.